The van der Waals surface area contributed by atoms with Crippen LogP contribution in [0.25, 0.3) is 0 Å². The fourth-order valence-corrected chi connectivity index (χ4v) is 3.35. The molecule has 1 unspecified atom stereocenters. The minimum Gasteiger partial charge on any atom is -0.340 e. The van der Waals surface area contributed by atoms with Gasteiger partial charge in [0.15, 0.2) is 0 Å². The highest BCUT2D eigenvalue weighted by molar-refractivity contribution is 5.79. The van der Waals surface area contributed by atoms with Crippen molar-refractivity contribution < 1.29 is 9.59 Å². The molecule has 2 aliphatic rings. The molecule has 1 atom stereocenters. The van der Waals surface area contributed by atoms with Crippen molar-refractivity contribution >= 4 is 11.8 Å². The molecule has 2 amide bonds. The molecule has 1 fully saturated rings. The maximum Gasteiger partial charge on any atom is 0.226 e. The van der Waals surface area contributed by atoms with Gasteiger partial charge in [-0.2, -0.15) is 0 Å². The second-order valence-corrected chi connectivity index (χ2v) is 7.81. The van der Waals surface area contributed by atoms with Crippen LogP contribution in [0, 0.1) is 5.92 Å². The molecule has 6 nitrogen and oxygen atoms in total. The molecule has 162 valence electrons. The zero-order valence-electron chi connectivity index (χ0n) is 18.2. The molecule has 2 heterocycles. The molecular weight excluding hydrogens is 376 g/mol. The van der Waals surface area contributed by atoms with E-state index in [1.54, 1.807) is 6.08 Å². The Morgan fingerprint density at radius 2 is 2.07 bits per heavy atom. The molecule has 1 saturated heterocycles. The Bertz CT molecular complexity index is 770. The van der Waals surface area contributed by atoms with E-state index < -0.39 is 0 Å². The molecule has 0 saturated carbocycles. The lowest BCUT2D eigenvalue weighted by Crippen LogP contribution is -2.46. The van der Waals surface area contributed by atoms with Crippen molar-refractivity contribution in [2.45, 2.75) is 33.1 Å². The number of hydrogen-bond donors (Lipinski definition) is 2. The Balaban J connectivity index is 1.97. The minimum absolute atomic E-state index is 0.0446. The van der Waals surface area contributed by atoms with E-state index in [4.69, 9.17) is 0 Å². The first kappa shape index (κ1) is 23.4. The molecule has 0 radical (unpaired) electrons. The number of rotatable bonds is 9. The summed E-state index contributed by atoms with van der Waals surface area (Å²) < 4.78 is 0. The van der Waals surface area contributed by atoms with E-state index in [1.807, 2.05) is 60.2 Å². The number of carbonyl (C=O) groups excluding carboxylic acids is 2. The largest absolute Gasteiger partial charge is 0.340 e. The Hall–Kier alpha value is -2.86. The molecule has 2 N–H and O–H groups in total. The molecule has 30 heavy (non-hydrogen) atoms. The lowest BCUT2D eigenvalue weighted by Gasteiger charge is -2.29. The number of nitrogens with zero attached hydrogens (tertiary/aromatic N) is 2. The second kappa shape index (κ2) is 12.0. The number of hydrogen-bond acceptors (Lipinski definition) is 4. The fraction of sp³-hybridized carbons (Fsp3) is 0.417. The van der Waals surface area contributed by atoms with Gasteiger partial charge in [0, 0.05) is 50.9 Å². The SMILES string of the molecule is C=C/C=C\CC(C)CC(=O)NC1=CC=CC(=C)N1/C=C(\C)CC(=O)N1CCNCC1. The van der Waals surface area contributed by atoms with Gasteiger partial charge < -0.3 is 20.4 Å². The molecule has 6 heteroatoms. The van der Waals surface area contributed by atoms with Crippen molar-refractivity contribution in [3.8, 4) is 0 Å². The van der Waals surface area contributed by atoms with Gasteiger partial charge in [0.2, 0.25) is 11.8 Å². The van der Waals surface area contributed by atoms with Crippen LogP contribution < -0.4 is 10.6 Å². The standard InChI is InChI=1S/C24H34N4O2/c1-5-6-7-9-19(2)16-23(29)26-22-11-8-10-21(4)28(22)18-20(3)17-24(30)27-14-12-25-13-15-27/h5-8,10-11,18-19,25H,1,4,9,12-17H2,2-3H3,(H,26,29)/b7-6-,20-18+. The van der Waals surface area contributed by atoms with Crippen LogP contribution in [0.5, 0.6) is 0 Å². The average molecular weight is 411 g/mol. The lowest BCUT2D eigenvalue weighted by molar-refractivity contribution is -0.131. The van der Waals surface area contributed by atoms with Crippen LogP contribution in [0.3, 0.4) is 0 Å². The Labute approximate surface area is 180 Å². The molecule has 0 bridgehead atoms. The third-order valence-corrected chi connectivity index (χ3v) is 4.97. The topological polar surface area (TPSA) is 64.7 Å². The van der Waals surface area contributed by atoms with Gasteiger partial charge in [-0.1, -0.05) is 44.4 Å². The van der Waals surface area contributed by atoms with Crippen LogP contribution in [0.2, 0.25) is 0 Å². The smallest absolute Gasteiger partial charge is 0.226 e. The molecule has 2 aliphatic heterocycles. The van der Waals surface area contributed by atoms with Gasteiger partial charge in [0.1, 0.15) is 5.82 Å². The Morgan fingerprint density at radius 1 is 1.33 bits per heavy atom. The summed E-state index contributed by atoms with van der Waals surface area (Å²) in [5.41, 5.74) is 1.65. The van der Waals surface area contributed by atoms with Crippen LogP contribution >= 0.6 is 0 Å². The summed E-state index contributed by atoms with van der Waals surface area (Å²) in [5, 5.41) is 6.24. The summed E-state index contributed by atoms with van der Waals surface area (Å²) in [6.45, 7) is 14.9. The number of piperazine rings is 1. The maximum absolute atomic E-state index is 12.5. The van der Waals surface area contributed by atoms with Gasteiger partial charge in [0.25, 0.3) is 0 Å². The molecule has 0 aromatic heterocycles. The molecule has 0 aromatic carbocycles. The first-order valence-electron chi connectivity index (χ1n) is 10.5. The molecule has 0 aromatic rings. The number of carbonyl (C=O) groups is 2. The first-order valence-corrected chi connectivity index (χ1v) is 10.5. The van der Waals surface area contributed by atoms with Crippen LogP contribution in [-0.4, -0.2) is 47.8 Å². The van der Waals surface area contributed by atoms with Crippen molar-refractivity contribution in [2.75, 3.05) is 26.2 Å². The predicted molar refractivity (Wildman–Crippen MR) is 122 cm³/mol. The Kier molecular flexibility index (Phi) is 9.35. The summed E-state index contributed by atoms with van der Waals surface area (Å²) in [6, 6.07) is 0. The van der Waals surface area contributed by atoms with E-state index in [9.17, 15) is 9.59 Å². The summed E-state index contributed by atoms with van der Waals surface area (Å²) in [6.07, 6.45) is 14.7. The van der Waals surface area contributed by atoms with Gasteiger partial charge in [0.05, 0.1) is 0 Å². The third-order valence-electron chi connectivity index (χ3n) is 4.97. The van der Waals surface area contributed by atoms with E-state index in [0.29, 0.717) is 18.7 Å². The van der Waals surface area contributed by atoms with Gasteiger partial charge in [-0.15, -0.1) is 0 Å². The lowest BCUT2D eigenvalue weighted by atomic mass is 10.0. The van der Waals surface area contributed by atoms with E-state index in [1.165, 1.54) is 0 Å². The summed E-state index contributed by atoms with van der Waals surface area (Å²) in [5.74, 6) is 0.956. The van der Waals surface area contributed by atoms with Gasteiger partial charge >= 0.3 is 0 Å². The first-order chi connectivity index (χ1) is 14.4. The van der Waals surface area contributed by atoms with E-state index in [-0.39, 0.29) is 17.7 Å². The van der Waals surface area contributed by atoms with Crippen molar-refractivity contribution in [3.05, 3.63) is 72.9 Å². The quantitative estimate of drug-likeness (QED) is 0.573. The normalized spacial score (nSPS) is 18.4. The summed E-state index contributed by atoms with van der Waals surface area (Å²) >= 11 is 0. The monoisotopic (exact) mass is 410 g/mol. The zero-order valence-corrected chi connectivity index (χ0v) is 18.2. The van der Waals surface area contributed by atoms with Crippen molar-refractivity contribution in [1.82, 2.24) is 20.4 Å². The molecule has 0 spiro atoms. The third kappa shape index (κ3) is 7.52. The van der Waals surface area contributed by atoms with E-state index in [2.05, 4.69) is 23.8 Å². The predicted octanol–water partition coefficient (Wildman–Crippen LogP) is 3.21. The second-order valence-electron chi connectivity index (χ2n) is 7.81. The van der Waals surface area contributed by atoms with E-state index >= 15 is 0 Å². The fourth-order valence-electron chi connectivity index (χ4n) is 3.35. The highest BCUT2D eigenvalue weighted by Gasteiger charge is 2.19. The summed E-state index contributed by atoms with van der Waals surface area (Å²) in [4.78, 5) is 28.8. The highest BCUT2D eigenvalue weighted by atomic mass is 16.2. The van der Waals surface area contributed by atoms with Gasteiger partial charge in [-0.05, 0) is 37.0 Å². The van der Waals surface area contributed by atoms with Gasteiger partial charge in [-0.25, -0.2) is 0 Å². The highest BCUT2D eigenvalue weighted by Crippen LogP contribution is 2.20. The van der Waals surface area contributed by atoms with E-state index in [0.717, 1.165) is 43.9 Å². The molecular formula is C24H34N4O2. The minimum atomic E-state index is -0.0446. The molecule has 0 aliphatic carbocycles. The van der Waals surface area contributed by atoms with Crippen LogP contribution in [0.15, 0.2) is 72.9 Å². The Morgan fingerprint density at radius 3 is 2.77 bits per heavy atom. The van der Waals surface area contributed by atoms with Crippen LogP contribution in [0.1, 0.15) is 33.1 Å². The maximum atomic E-state index is 12.5. The zero-order chi connectivity index (χ0) is 21.9. The number of nitrogens with one attached hydrogen (secondary N) is 2. The van der Waals surface area contributed by atoms with Crippen molar-refractivity contribution in [3.63, 3.8) is 0 Å². The van der Waals surface area contributed by atoms with Crippen molar-refractivity contribution in [1.29, 1.82) is 0 Å². The average Bonchev–Trinajstić information content (AvgIpc) is 2.71. The van der Waals surface area contributed by atoms with Crippen LogP contribution in [-0.2, 0) is 9.59 Å². The van der Waals surface area contributed by atoms with Crippen LogP contribution in [0.4, 0.5) is 0 Å². The number of allylic oxidation sites excluding steroid dienone is 6. The summed E-state index contributed by atoms with van der Waals surface area (Å²) in [7, 11) is 0. The van der Waals surface area contributed by atoms with Crippen molar-refractivity contribution in [2.24, 2.45) is 5.92 Å². The number of amides is 2. The van der Waals surface area contributed by atoms with Gasteiger partial charge in [-0.3, -0.25) is 9.59 Å². The molecule has 2 rings (SSSR count).